The lowest BCUT2D eigenvalue weighted by atomic mass is 9.93. The molecule has 0 aromatic heterocycles. The maximum atomic E-state index is 6.13. The average Bonchev–Trinajstić information content (AvgIpc) is 3.27. The van der Waals surface area contributed by atoms with Crippen molar-refractivity contribution in [1.29, 1.82) is 0 Å². The molecule has 5 nitrogen and oxygen atoms in total. The number of hydrogen-bond acceptors (Lipinski definition) is 5. The lowest BCUT2D eigenvalue weighted by Gasteiger charge is -2.27. The Bertz CT molecular complexity index is 522. The number of benzene rings is 1. The van der Waals surface area contributed by atoms with Gasteiger partial charge in [0.15, 0.2) is 5.60 Å². The van der Waals surface area contributed by atoms with E-state index in [1.54, 1.807) is 6.34 Å². The maximum Gasteiger partial charge on any atom is 0.169 e. The summed E-state index contributed by atoms with van der Waals surface area (Å²) >= 11 is 0. The van der Waals surface area contributed by atoms with Gasteiger partial charge in [-0.05, 0) is 18.1 Å². The molecule has 5 heteroatoms. The minimum absolute atomic E-state index is 0.236. The molecule has 1 aromatic carbocycles. The Morgan fingerprint density at radius 3 is 2.71 bits per heavy atom. The first-order valence-electron chi connectivity index (χ1n) is 7.61. The number of rotatable bonds is 2. The van der Waals surface area contributed by atoms with Gasteiger partial charge in [-0.25, -0.2) is 0 Å². The summed E-state index contributed by atoms with van der Waals surface area (Å²) < 4.78 is 6.13. The summed E-state index contributed by atoms with van der Waals surface area (Å²) in [7, 11) is 0. The van der Waals surface area contributed by atoms with Crippen molar-refractivity contribution < 1.29 is 4.74 Å². The van der Waals surface area contributed by atoms with Crippen LogP contribution in [-0.2, 0) is 6.42 Å². The van der Waals surface area contributed by atoms with Crippen LogP contribution >= 0.6 is 0 Å². The number of nitrogens with zero attached hydrogens (tertiary/aromatic N) is 2. The molecule has 0 fully saturated rings. The number of amidine groups is 1. The summed E-state index contributed by atoms with van der Waals surface area (Å²) in [5.74, 6) is 2.05. The van der Waals surface area contributed by atoms with E-state index >= 15 is 0 Å². The SMILES string of the molecule is C1=NCCN1.CCC1(C2=NCCN2)Cc2ccccc2O1. The van der Waals surface area contributed by atoms with Crippen molar-refractivity contribution in [2.45, 2.75) is 25.4 Å². The van der Waals surface area contributed by atoms with Gasteiger partial charge in [0.25, 0.3) is 0 Å². The van der Waals surface area contributed by atoms with Gasteiger partial charge in [-0.3, -0.25) is 9.98 Å². The van der Waals surface area contributed by atoms with E-state index in [4.69, 9.17) is 4.74 Å². The number of para-hydroxylation sites is 1. The third kappa shape index (κ3) is 2.86. The summed E-state index contributed by atoms with van der Waals surface area (Å²) in [5, 5.41) is 6.28. The lowest BCUT2D eigenvalue weighted by Crippen LogP contribution is -2.48. The molecule has 1 atom stereocenters. The lowest BCUT2D eigenvalue weighted by molar-refractivity contribution is 0.162. The molecule has 1 unspecified atom stereocenters. The summed E-state index contributed by atoms with van der Waals surface area (Å²) in [6, 6.07) is 8.27. The molecule has 0 saturated heterocycles. The highest BCUT2D eigenvalue weighted by Gasteiger charge is 2.43. The minimum Gasteiger partial charge on any atom is -0.479 e. The molecule has 0 radical (unpaired) electrons. The van der Waals surface area contributed by atoms with Crippen LogP contribution in [0.15, 0.2) is 34.3 Å². The highest BCUT2D eigenvalue weighted by atomic mass is 16.5. The fraction of sp³-hybridized carbons (Fsp3) is 0.500. The molecule has 0 amide bonds. The van der Waals surface area contributed by atoms with Crippen LogP contribution in [0.25, 0.3) is 0 Å². The smallest absolute Gasteiger partial charge is 0.169 e. The fourth-order valence-electron chi connectivity index (χ4n) is 2.83. The highest BCUT2D eigenvalue weighted by Crippen LogP contribution is 2.37. The van der Waals surface area contributed by atoms with Crippen molar-refractivity contribution in [2.75, 3.05) is 26.2 Å². The molecule has 3 aliphatic rings. The summed E-state index contributed by atoms with van der Waals surface area (Å²) in [5.41, 5.74) is 1.06. The standard InChI is InChI=1S/C13H16N2O.C3H6N2/c1-2-13(12-14-7-8-15-12)9-10-5-3-4-6-11(10)16-13;1-2-5-3-4-1/h3-6H,2,7-9H2,1H3,(H,14,15);3H,1-2H2,(H,4,5). The van der Waals surface area contributed by atoms with Gasteiger partial charge < -0.3 is 15.4 Å². The summed E-state index contributed by atoms with van der Waals surface area (Å²) in [6.07, 6.45) is 3.62. The Balaban J connectivity index is 0.000000225. The van der Waals surface area contributed by atoms with Crippen LogP contribution in [0.1, 0.15) is 18.9 Å². The number of fused-ring (bicyclic) bond motifs is 1. The van der Waals surface area contributed by atoms with E-state index in [-0.39, 0.29) is 5.60 Å². The zero-order valence-electron chi connectivity index (χ0n) is 12.4. The van der Waals surface area contributed by atoms with Gasteiger partial charge in [-0.2, -0.15) is 0 Å². The van der Waals surface area contributed by atoms with E-state index in [1.165, 1.54) is 5.56 Å². The molecule has 112 valence electrons. The van der Waals surface area contributed by atoms with Gasteiger partial charge in [-0.15, -0.1) is 0 Å². The number of aliphatic imine (C=N–C) groups is 2. The van der Waals surface area contributed by atoms with E-state index in [0.717, 1.165) is 50.6 Å². The van der Waals surface area contributed by atoms with Crippen LogP contribution in [0.4, 0.5) is 0 Å². The van der Waals surface area contributed by atoms with Crippen LogP contribution in [-0.4, -0.2) is 44.0 Å². The molecule has 3 heterocycles. The van der Waals surface area contributed by atoms with Gasteiger partial charge in [0, 0.05) is 19.5 Å². The maximum absolute atomic E-state index is 6.13. The van der Waals surface area contributed by atoms with Crippen LogP contribution in [0, 0.1) is 0 Å². The van der Waals surface area contributed by atoms with Gasteiger partial charge in [-0.1, -0.05) is 25.1 Å². The number of nitrogens with one attached hydrogen (secondary N) is 2. The Morgan fingerprint density at radius 2 is 2.14 bits per heavy atom. The van der Waals surface area contributed by atoms with E-state index in [2.05, 4.69) is 39.7 Å². The Hall–Kier alpha value is -2.04. The van der Waals surface area contributed by atoms with Crippen molar-refractivity contribution in [3.8, 4) is 5.75 Å². The molecule has 0 spiro atoms. The van der Waals surface area contributed by atoms with E-state index in [0.29, 0.717) is 0 Å². The van der Waals surface area contributed by atoms with Gasteiger partial charge in [0.05, 0.1) is 19.4 Å². The molecule has 0 aliphatic carbocycles. The largest absolute Gasteiger partial charge is 0.479 e. The first-order chi connectivity index (χ1) is 10.3. The Labute approximate surface area is 125 Å². The highest BCUT2D eigenvalue weighted by molar-refractivity contribution is 5.93. The van der Waals surface area contributed by atoms with Crippen LogP contribution in [0.2, 0.25) is 0 Å². The van der Waals surface area contributed by atoms with Gasteiger partial charge >= 0.3 is 0 Å². The molecule has 2 N–H and O–H groups in total. The first-order valence-corrected chi connectivity index (χ1v) is 7.61. The normalized spacial score (nSPS) is 25.1. The van der Waals surface area contributed by atoms with Crippen molar-refractivity contribution in [2.24, 2.45) is 9.98 Å². The zero-order chi connectivity index (χ0) is 14.5. The number of hydrogen-bond donors (Lipinski definition) is 2. The van der Waals surface area contributed by atoms with Crippen molar-refractivity contribution in [3.05, 3.63) is 29.8 Å². The van der Waals surface area contributed by atoms with Gasteiger partial charge in [0.2, 0.25) is 0 Å². The van der Waals surface area contributed by atoms with Gasteiger partial charge in [0.1, 0.15) is 11.6 Å². The fourth-order valence-corrected chi connectivity index (χ4v) is 2.83. The summed E-state index contributed by atoms with van der Waals surface area (Å²) in [6.45, 7) is 5.96. The van der Waals surface area contributed by atoms with Crippen molar-refractivity contribution in [3.63, 3.8) is 0 Å². The minimum atomic E-state index is -0.236. The summed E-state index contributed by atoms with van der Waals surface area (Å²) in [4.78, 5) is 8.37. The quantitative estimate of drug-likeness (QED) is 0.864. The van der Waals surface area contributed by atoms with Crippen molar-refractivity contribution in [1.82, 2.24) is 10.6 Å². The second-order valence-electron chi connectivity index (χ2n) is 5.38. The Morgan fingerprint density at radius 1 is 1.24 bits per heavy atom. The van der Waals surface area contributed by atoms with Crippen LogP contribution < -0.4 is 15.4 Å². The van der Waals surface area contributed by atoms with E-state index in [1.807, 2.05) is 12.1 Å². The number of ether oxygens (including phenoxy) is 1. The van der Waals surface area contributed by atoms with Crippen LogP contribution in [0.5, 0.6) is 5.75 Å². The van der Waals surface area contributed by atoms with Crippen LogP contribution in [0.3, 0.4) is 0 Å². The molecule has 0 bridgehead atoms. The second-order valence-corrected chi connectivity index (χ2v) is 5.38. The molecular formula is C16H22N4O. The second kappa shape index (κ2) is 6.16. The monoisotopic (exact) mass is 286 g/mol. The zero-order valence-corrected chi connectivity index (χ0v) is 12.4. The molecule has 3 aliphatic heterocycles. The van der Waals surface area contributed by atoms with E-state index in [9.17, 15) is 0 Å². The molecule has 1 aromatic rings. The first kappa shape index (κ1) is 13.9. The third-order valence-electron chi connectivity index (χ3n) is 4.00. The molecule has 4 rings (SSSR count). The third-order valence-corrected chi connectivity index (χ3v) is 4.00. The van der Waals surface area contributed by atoms with Crippen molar-refractivity contribution >= 4 is 12.2 Å². The van der Waals surface area contributed by atoms with E-state index < -0.39 is 0 Å². The predicted octanol–water partition coefficient (Wildman–Crippen LogP) is 1.39. The molecular weight excluding hydrogens is 264 g/mol. The predicted molar refractivity (Wildman–Crippen MR) is 85.5 cm³/mol. The topological polar surface area (TPSA) is 58.0 Å². The molecule has 0 saturated carbocycles. The Kier molecular flexibility index (Phi) is 4.08. The molecule has 21 heavy (non-hydrogen) atoms. The average molecular weight is 286 g/mol.